The van der Waals surface area contributed by atoms with Crippen LogP contribution in [0.25, 0.3) is 0 Å². The first-order valence-corrected chi connectivity index (χ1v) is 7.92. The monoisotopic (exact) mass is 402 g/mol. The fourth-order valence-corrected chi connectivity index (χ4v) is 3.30. The summed E-state index contributed by atoms with van der Waals surface area (Å²) in [6.45, 7) is 5.84. The summed E-state index contributed by atoms with van der Waals surface area (Å²) in [6.07, 6.45) is 0. The van der Waals surface area contributed by atoms with Gasteiger partial charge >= 0.3 is 0 Å². The summed E-state index contributed by atoms with van der Waals surface area (Å²) in [5, 5.41) is 7.19. The summed E-state index contributed by atoms with van der Waals surface area (Å²) < 4.78 is 12.8. The van der Waals surface area contributed by atoms with Gasteiger partial charge in [0.1, 0.15) is 5.75 Å². The molecule has 0 spiro atoms. The first-order valence-electron chi connectivity index (χ1n) is 6.33. The number of ether oxygens (including phenoxy) is 1. The first-order chi connectivity index (χ1) is 9.60. The minimum atomic E-state index is 0.633. The zero-order valence-electron chi connectivity index (χ0n) is 11.4. The van der Waals surface area contributed by atoms with E-state index in [1.54, 1.807) is 0 Å². The molecule has 1 aromatic heterocycles. The lowest BCUT2D eigenvalue weighted by molar-refractivity contribution is 0.332. The van der Waals surface area contributed by atoms with E-state index in [1.807, 2.05) is 32.0 Å². The number of nitrogens with one attached hydrogen (secondary N) is 1. The van der Waals surface area contributed by atoms with Gasteiger partial charge in [0.2, 0.25) is 0 Å². The maximum absolute atomic E-state index is 5.69. The Bertz CT molecular complexity index is 585. The highest BCUT2D eigenvalue weighted by atomic mass is 79.9. The molecule has 1 heterocycles. The van der Waals surface area contributed by atoms with Gasteiger partial charge in [-0.3, -0.25) is 0 Å². The fraction of sp³-hybridized carbons (Fsp3) is 0.357. The summed E-state index contributed by atoms with van der Waals surface area (Å²) >= 11 is 7.02. The van der Waals surface area contributed by atoms with Gasteiger partial charge in [0.05, 0.1) is 23.3 Å². The molecule has 108 valence electrons. The Balaban J connectivity index is 2.04. The third-order valence-electron chi connectivity index (χ3n) is 2.67. The van der Waals surface area contributed by atoms with Crippen LogP contribution in [0.2, 0.25) is 0 Å². The molecule has 0 bridgehead atoms. The van der Waals surface area contributed by atoms with Crippen LogP contribution in [0.15, 0.2) is 31.7 Å². The number of benzene rings is 1. The van der Waals surface area contributed by atoms with Crippen LogP contribution < -0.4 is 10.1 Å². The minimum absolute atomic E-state index is 0.633. The highest BCUT2D eigenvalue weighted by Gasteiger charge is 2.10. The molecule has 1 N–H and O–H groups in total. The maximum Gasteiger partial charge on any atom is 0.150 e. The summed E-state index contributed by atoms with van der Waals surface area (Å²) in [6, 6.07) is 5.95. The van der Waals surface area contributed by atoms with E-state index in [4.69, 9.17) is 9.26 Å². The van der Waals surface area contributed by atoms with E-state index in [0.29, 0.717) is 19.7 Å². The Hall–Kier alpha value is -0.850. The van der Waals surface area contributed by atoms with Crippen LogP contribution in [-0.2, 0) is 13.1 Å². The number of aromatic nitrogens is 1. The molecular formula is C14H16Br2N2O2. The molecular weight excluding hydrogens is 388 g/mol. The van der Waals surface area contributed by atoms with Crippen LogP contribution in [0.4, 0.5) is 0 Å². The molecule has 2 rings (SSSR count). The van der Waals surface area contributed by atoms with Gasteiger partial charge in [0.25, 0.3) is 0 Å². The average molecular weight is 404 g/mol. The van der Waals surface area contributed by atoms with Crippen molar-refractivity contribution in [1.82, 2.24) is 10.5 Å². The number of nitrogens with zero attached hydrogens (tertiary/aromatic N) is 1. The number of halogens is 2. The fourth-order valence-electron chi connectivity index (χ4n) is 1.87. The highest BCUT2D eigenvalue weighted by Crippen LogP contribution is 2.33. The van der Waals surface area contributed by atoms with Crippen molar-refractivity contribution in [3.05, 3.63) is 44.2 Å². The minimum Gasteiger partial charge on any atom is -0.492 e. The molecule has 0 aliphatic heterocycles. The van der Waals surface area contributed by atoms with Crippen LogP contribution in [-0.4, -0.2) is 11.8 Å². The quantitative estimate of drug-likeness (QED) is 0.785. The van der Waals surface area contributed by atoms with Crippen molar-refractivity contribution in [1.29, 1.82) is 0 Å². The molecule has 6 heteroatoms. The van der Waals surface area contributed by atoms with Crippen LogP contribution in [0.1, 0.15) is 23.9 Å². The molecule has 1 aromatic carbocycles. The Labute approximate surface area is 135 Å². The van der Waals surface area contributed by atoms with E-state index in [2.05, 4.69) is 42.3 Å². The Morgan fingerprint density at radius 3 is 2.70 bits per heavy atom. The van der Waals surface area contributed by atoms with Crippen molar-refractivity contribution < 1.29 is 9.26 Å². The van der Waals surface area contributed by atoms with Gasteiger partial charge in [0.15, 0.2) is 5.76 Å². The topological polar surface area (TPSA) is 47.3 Å². The summed E-state index contributed by atoms with van der Waals surface area (Å²) in [5.41, 5.74) is 1.98. The van der Waals surface area contributed by atoms with E-state index < -0.39 is 0 Å². The lowest BCUT2D eigenvalue weighted by Crippen LogP contribution is -2.13. The second-order valence-corrected chi connectivity index (χ2v) is 6.12. The van der Waals surface area contributed by atoms with E-state index in [-0.39, 0.29) is 0 Å². The number of rotatable bonds is 6. The van der Waals surface area contributed by atoms with E-state index >= 15 is 0 Å². The standard InChI is InChI=1S/C14H16Br2N2O2/c1-3-19-14-10(5-11(15)6-13(14)16)7-17-8-12-4-9(2)18-20-12/h4-6,17H,3,7-8H2,1-2H3. The molecule has 0 aliphatic carbocycles. The predicted octanol–water partition coefficient (Wildman–Crippen LogP) is 4.20. The van der Waals surface area contributed by atoms with Crippen molar-refractivity contribution in [2.24, 2.45) is 0 Å². The van der Waals surface area contributed by atoms with Crippen molar-refractivity contribution in [3.63, 3.8) is 0 Å². The normalized spacial score (nSPS) is 10.8. The maximum atomic E-state index is 5.69. The van der Waals surface area contributed by atoms with Gasteiger partial charge in [-0.1, -0.05) is 21.1 Å². The van der Waals surface area contributed by atoms with Gasteiger partial charge in [-0.05, 0) is 41.9 Å². The number of aryl methyl sites for hydroxylation is 1. The Kier molecular flexibility index (Phi) is 5.63. The Morgan fingerprint density at radius 1 is 1.25 bits per heavy atom. The van der Waals surface area contributed by atoms with Gasteiger partial charge in [0, 0.05) is 22.6 Å². The van der Waals surface area contributed by atoms with Crippen molar-refractivity contribution >= 4 is 31.9 Å². The lowest BCUT2D eigenvalue weighted by atomic mass is 10.2. The van der Waals surface area contributed by atoms with E-state index in [0.717, 1.165) is 31.7 Å². The summed E-state index contributed by atoms with van der Waals surface area (Å²) in [5.74, 6) is 1.70. The molecule has 0 atom stereocenters. The molecule has 0 saturated heterocycles. The third kappa shape index (κ3) is 4.07. The number of hydrogen-bond acceptors (Lipinski definition) is 4. The molecule has 0 amide bonds. The smallest absolute Gasteiger partial charge is 0.150 e. The van der Waals surface area contributed by atoms with Gasteiger partial charge in [-0.2, -0.15) is 0 Å². The molecule has 4 nitrogen and oxygen atoms in total. The van der Waals surface area contributed by atoms with Crippen molar-refractivity contribution in [2.75, 3.05) is 6.61 Å². The van der Waals surface area contributed by atoms with Gasteiger partial charge in [-0.15, -0.1) is 0 Å². The molecule has 20 heavy (non-hydrogen) atoms. The predicted molar refractivity (Wildman–Crippen MR) is 84.8 cm³/mol. The molecule has 0 saturated carbocycles. The zero-order chi connectivity index (χ0) is 14.5. The second-order valence-electron chi connectivity index (χ2n) is 4.35. The van der Waals surface area contributed by atoms with Crippen LogP contribution in [0.3, 0.4) is 0 Å². The van der Waals surface area contributed by atoms with Crippen molar-refractivity contribution in [2.45, 2.75) is 26.9 Å². The zero-order valence-corrected chi connectivity index (χ0v) is 14.5. The van der Waals surface area contributed by atoms with E-state index in [1.165, 1.54) is 0 Å². The lowest BCUT2D eigenvalue weighted by Gasteiger charge is -2.13. The highest BCUT2D eigenvalue weighted by molar-refractivity contribution is 9.11. The average Bonchev–Trinajstić information content (AvgIpc) is 2.79. The molecule has 0 radical (unpaired) electrons. The van der Waals surface area contributed by atoms with Crippen LogP contribution in [0.5, 0.6) is 5.75 Å². The Morgan fingerprint density at radius 2 is 2.05 bits per heavy atom. The molecule has 2 aromatic rings. The number of hydrogen-bond donors (Lipinski definition) is 1. The van der Waals surface area contributed by atoms with Crippen molar-refractivity contribution in [3.8, 4) is 5.75 Å². The van der Waals surface area contributed by atoms with Gasteiger partial charge < -0.3 is 14.6 Å². The summed E-state index contributed by atoms with van der Waals surface area (Å²) in [4.78, 5) is 0. The molecule has 0 aliphatic rings. The summed E-state index contributed by atoms with van der Waals surface area (Å²) in [7, 11) is 0. The SMILES string of the molecule is CCOc1c(Br)cc(Br)cc1CNCc1cc(C)no1. The third-order valence-corrected chi connectivity index (χ3v) is 3.71. The molecule has 0 fully saturated rings. The van der Waals surface area contributed by atoms with Crippen LogP contribution in [0, 0.1) is 6.92 Å². The van der Waals surface area contributed by atoms with Gasteiger partial charge in [-0.25, -0.2) is 0 Å². The second kappa shape index (κ2) is 7.24. The van der Waals surface area contributed by atoms with E-state index in [9.17, 15) is 0 Å². The largest absolute Gasteiger partial charge is 0.492 e. The first kappa shape index (κ1) is 15.5. The molecule has 0 unspecified atom stereocenters. The van der Waals surface area contributed by atoms with Crippen LogP contribution >= 0.6 is 31.9 Å².